The molecule has 0 aliphatic heterocycles. The number of benzene rings is 3. The predicted molar refractivity (Wildman–Crippen MR) is 146 cm³/mol. The van der Waals surface area contributed by atoms with Gasteiger partial charge < -0.3 is 10.1 Å². The predicted octanol–water partition coefficient (Wildman–Crippen LogP) is 7.87. The zero-order valence-electron chi connectivity index (χ0n) is 18.6. The number of aldehydes is 1. The second-order valence-corrected chi connectivity index (χ2v) is 11.4. The number of alkyl halides is 2. The van der Waals surface area contributed by atoms with Crippen LogP contribution in [0, 0.1) is 11.2 Å². The number of amides is 1. The number of nitrogens with one attached hydrogen (secondary N) is 2. The Morgan fingerprint density at radius 3 is 2.24 bits per heavy atom. The van der Waals surface area contributed by atoms with Crippen LogP contribution in [0.4, 0.5) is 10.1 Å². The number of rotatable bonds is 9. The molecule has 2 unspecified atom stereocenters. The van der Waals surface area contributed by atoms with Gasteiger partial charge in [-0.1, -0.05) is 81.7 Å². The molecule has 1 aliphatic rings. The molecule has 0 spiro atoms. The Kier molecular flexibility index (Phi) is 8.51. The maximum atomic E-state index is 13.0. The molecule has 3 aromatic carbocycles. The summed E-state index contributed by atoms with van der Waals surface area (Å²) in [6.45, 7) is 0.0624. The average molecular weight is 625 g/mol. The molecule has 3 aromatic rings. The summed E-state index contributed by atoms with van der Waals surface area (Å²) < 4.78 is 11.6. The van der Waals surface area contributed by atoms with Crippen molar-refractivity contribution in [2.75, 3.05) is 11.9 Å². The molecule has 0 saturated heterocycles. The molecular weight excluding hydrogens is 608 g/mol. The van der Waals surface area contributed by atoms with E-state index >= 15 is 0 Å². The van der Waals surface area contributed by atoms with E-state index < -0.39 is 21.6 Å². The fraction of sp³-hybridized carbons (Fsp3) is 0.200. The van der Waals surface area contributed by atoms with Crippen LogP contribution in [0.3, 0.4) is 0 Å². The van der Waals surface area contributed by atoms with E-state index in [4.69, 9.17) is 74.4 Å². The van der Waals surface area contributed by atoms with Gasteiger partial charge in [0.2, 0.25) is 0 Å². The SMILES string of the molecule is O=CC1(CNc2ccc(Cl)c(C(=O)NOCc3ccc(F)cc3)c2)C(c2cc(Cl)c(Cl)c(Cl)c2)C1(Cl)Cl. The lowest BCUT2D eigenvalue weighted by Crippen LogP contribution is -2.25. The highest BCUT2D eigenvalue weighted by atomic mass is 35.5. The maximum absolute atomic E-state index is 13.0. The van der Waals surface area contributed by atoms with E-state index in [1.54, 1.807) is 18.2 Å². The Labute approximate surface area is 242 Å². The van der Waals surface area contributed by atoms with Crippen molar-refractivity contribution >= 4 is 87.5 Å². The molecule has 4 rings (SSSR count). The molecule has 0 aromatic heterocycles. The molecule has 0 bridgehead atoms. The molecular formula is C25H17Cl6FN2O3. The van der Waals surface area contributed by atoms with Gasteiger partial charge in [0, 0.05) is 18.2 Å². The zero-order valence-corrected chi connectivity index (χ0v) is 23.2. The number of anilines is 1. The van der Waals surface area contributed by atoms with Crippen LogP contribution in [0.25, 0.3) is 0 Å². The largest absolute Gasteiger partial charge is 0.384 e. The number of halogens is 7. The molecule has 1 fully saturated rings. The normalized spacial score (nSPS) is 19.8. The van der Waals surface area contributed by atoms with Gasteiger partial charge in [-0.05, 0) is 53.6 Å². The van der Waals surface area contributed by atoms with Crippen molar-refractivity contribution < 1.29 is 18.8 Å². The van der Waals surface area contributed by atoms with Gasteiger partial charge in [-0.3, -0.25) is 9.63 Å². The lowest BCUT2D eigenvalue weighted by atomic mass is 10.00. The molecule has 12 heteroatoms. The molecule has 1 saturated carbocycles. The van der Waals surface area contributed by atoms with Crippen LogP contribution >= 0.6 is 69.6 Å². The third-order valence-corrected chi connectivity index (χ3v) is 8.74. The monoisotopic (exact) mass is 622 g/mol. The molecule has 37 heavy (non-hydrogen) atoms. The van der Waals surface area contributed by atoms with Crippen molar-refractivity contribution in [3.8, 4) is 0 Å². The Hall–Kier alpha value is -1.77. The van der Waals surface area contributed by atoms with Crippen LogP contribution in [0.2, 0.25) is 20.1 Å². The van der Waals surface area contributed by atoms with Crippen LogP contribution in [-0.2, 0) is 16.2 Å². The summed E-state index contributed by atoms with van der Waals surface area (Å²) in [5.41, 5.74) is 2.92. The van der Waals surface area contributed by atoms with Crippen LogP contribution < -0.4 is 10.8 Å². The quantitative estimate of drug-likeness (QED) is 0.110. The van der Waals surface area contributed by atoms with E-state index in [0.29, 0.717) is 23.1 Å². The molecule has 0 heterocycles. The third kappa shape index (κ3) is 5.66. The molecule has 1 aliphatic carbocycles. The maximum Gasteiger partial charge on any atom is 0.276 e. The van der Waals surface area contributed by atoms with Crippen LogP contribution in [0.1, 0.15) is 27.4 Å². The molecule has 2 atom stereocenters. The van der Waals surface area contributed by atoms with E-state index in [9.17, 15) is 14.0 Å². The van der Waals surface area contributed by atoms with E-state index in [-0.39, 0.29) is 44.6 Å². The summed E-state index contributed by atoms with van der Waals surface area (Å²) in [5, 5.41) is 3.88. The second-order valence-electron chi connectivity index (χ2n) is 8.41. The molecule has 0 radical (unpaired) electrons. The molecule has 194 valence electrons. The van der Waals surface area contributed by atoms with E-state index in [2.05, 4.69) is 10.8 Å². The first-order valence-corrected chi connectivity index (χ1v) is 13.0. The molecule has 1 amide bonds. The van der Waals surface area contributed by atoms with Gasteiger partial charge in [-0.25, -0.2) is 9.87 Å². The van der Waals surface area contributed by atoms with Crippen molar-refractivity contribution in [2.45, 2.75) is 16.9 Å². The van der Waals surface area contributed by atoms with Gasteiger partial charge in [-0.2, -0.15) is 0 Å². The summed E-state index contributed by atoms with van der Waals surface area (Å²) in [5.74, 6) is -1.59. The first kappa shape index (κ1) is 28.2. The van der Waals surface area contributed by atoms with Crippen molar-refractivity contribution in [3.63, 3.8) is 0 Å². The number of carbonyl (C=O) groups excluding carboxylic acids is 2. The Morgan fingerprint density at radius 1 is 0.973 bits per heavy atom. The Bertz CT molecular complexity index is 1330. The van der Waals surface area contributed by atoms with Crippen molar-refractivity contribution in [3.05, 3.63) is 97.2 Å². The zero-order chi connectivity index (χ0) is 27.0. The second kappa shape index (κ2) is 11.1. The topological polar surface area (TPSA) is 67.4 Å². The van der Waals surface area contributed by atoms with E-state index in [1.807, 2.05) is 0 Å². The first-order valence-electron chi connectivity index (χ1n) is 10.7. The minimum atomic E-state index is -1.44. The standard InChI is InChI=1S/C25H17Cl6FN2O3/c26-18-6-5-16(9-17(18)23(36)34-37-10-13-1-3-15(32)4-2-13)33-11-24(12-35)22(25(24,30)31)14-7-19(27)21(29)20(28)8-14/h1-9,12,22,33H,10-11H2,(H,34,36). The summed E-state index contributed by atoms with van der Waals surface area (Å²) in [6, 6.07) is 13.4. The minimum Gasteiger partial charge on any atom is -0.384 e. The third-order valence-electron chi connectivity index (χ3n) is 6.08. The number of hydrogen-bond donors (Lipinski definition) is 2. The van der Waals surface area contributed by atoms with E-state index in [1.165, 1.54) is 36.4 Å². The number of carbonyl (C=O) groups is 2. The number of hydroxylamine groups is 1. The van der Waals surface area contributed by atoms with Gasteiger partial charge in [0.05, 0.1) is 37.7 Å². The first-order chi connectivity index (χ1) is 17.5. The highest BCUT2D eigenvalue weighted by molar-refractivity contribution is 6.54. The Balaban J connectivity index is 1.45. The van der Waals surface area contributed by atoms with E-state index in [0.717, 1.165) is 0 Å². The lowest BCUT2D eigenvalue weighted by Gasteiger charge is -2.15. The van der Waals surface area contributed by atoms with Crippen LogP contribution in [0.15, 0.2) is 54.6 Å². The number of hydrogen-bond acceptors (Lipinski definition) is 4. The van der Waals surface area contributed by atoms with Gasteiger partial charge in [-0.15, -0.1) is 0 Å². The van der Waals surface area contributed by atoms with Crippen LogP contribution in [-0.4, -0.2) is 23.1 Å². The summed E-state index contributed by atoms with van der Waals surface area (Å²) in [4.78, 5) is 30.0. The average Bonchev–Trinajstić information content (AvgIpc) is 3.37. The summed E-state index contributed by atoms with van der Waals surface area (Å²) in [6.07, 6.45) is 0.688. The van der Waals surface area contributed by atoms with Gasteiger partial charge in [0.1, 0.15) is 16.4 Å². The van der Waals surface area contributed by atoms with Crippen molar-refractivity contribution in [1.29, 1.82) is 0 Å². The highest BCUT2D eigenvalue weighted by Crippen LogP contribution is 2.73. The smallest absolute Gasteiger partial charge is 0.276 e. The van der Waals surface area contributed by atoms with Gasteiger partial charge in [0.25, 0.3) is 5.91 Å². The highest BCUT2D eigenvalue weighted by Gasteiger charge is 2.76. The van der Waals surface area contributed by atoms with Crippen molar-refractivity contribution in [1.82, 2.24) is 5.48 Å². The van der Waals surface area contributed by atoms with Crippen molar-refractivity contribution in [2.24, 2.45) is 5.41 Å². The molecule has 5 nitrogen and oxygen atoms in total. The summed E-state index contributed by atoms with van der Waals surface area (Å²) in [7, 11) is 0. The fourth-order valence-electron chi connectivity index (χ4n) is 4.01. The van der Waals surface area contributed by atoms with Crippen LogP contribution in [0.5, 0.6) is 0 Å². The molecule has 2 N–H and O–H groups in total. The summed E-state index contributed by atoms with van der Waals surface area (Å²) >= 11 is 37.6. The fourth-order valence-corrected chi connectivity index (χ4v) is 5.80. The van der Waals surface area contributed by atoms with Gasteiger partial charge >= 0.3 is 0 Å². The Morgan fingerprint density at radius 2 is 1.62 bits per heavy atom. The van der Waals surface area contributed by atoms with Gasteiger partial charge in [0.15, 0.2) is 0 Å². The lowest BCUT2D eigenvalue weighted by molar-refractivity contribution is -0.112. The minimum absolute atomic E-state index is 0.0249.